The minimum absolute atomic E-state index is 0.0199. The number of likely N-dealkylation sites (N-methyl/N-ethyl adjacent to an activating group) is 1. The maximum atomic E-state index is 13.0. The molecule has 1 aliphatic rings. The number of halogens is 1. The van der Waals surface area contributed by atoms with Crippen molar-refractivity contribution in [3.8, 4) is 0 Å². The van der Waals surface area contributed by atoms with Crippen LogP contribution in [0.2, 0.25) is 0 Å². The summed E-state index contributed by atoms with van der Waals surface area (Å²) in [6.45, 7) is 4.14. The van der Waals surface area contributed by atoms with E-state index < -0.39 is 5.97 Å². The van der Waals surface area contributed by atoms with Gasteiger partial charge in [-0.3, -0.25) is 14.5 Å². The van der Waals surface area contributed by atoms with Crippen molar-refractivity contribution < 1.29 is 23.5 Å². The third-order valence-electron chi connectivity index (χ3n) is 5.20. The molecule has 0 saturated heterocycles. The molecule has 3 rings (SSSR count). The van der Waals surface area contributed by atoms with Crippen LogP contribution in [-0.2, 0) is 27.2 Å². The monoisotopic (exact) mass is 461 g/mol. The molecule has 172 valence electrons. The third kappa shape index (κ3) is 6.14. The van der Waals surface area contributed by atoms with E-state index >= 15 is 0 Å². The van der Waals surface area contributed by atoms with E-state index in [1.807, 2.05) is 0 Å². The second-order valence-corrected chi connectivity index (χ2v) is 9.16. The van der Waals surface area contributed by atoms with Crippen molar-refractivity contribution >= 4 is 39.8 Å². The number of fused-ring (bicyclic) bond motifs is 1. The van der Waals surface area contributed by atoms with E-state index in [1.54, 1.807) is 18.9 Å². The smallest absolute Gasteiger partial charge is 0.341 e. The first-order valence-corrected chi connectivity index (χ1v) is 11.4. The van der Waals surface area contributed by atoms with E-state index in [1.165, 1.54) is 35.6 Å². The number of nitrogens with one attached hydrogen (secondary N) is 2. The predicted octanol–water partition coefficient (Wildman–Crippen LogP) is 3.70. The summed E-state index contributed by atoms with van der Waals surface area (Å²) in [5.41, 5.74) is 1.92. The standard InChI is InChI=1S/C23H28FN3O4S/c1-4-31-23(30)21-17-10-5-14(2)11-18(17)32-22(21)26-20(29)13-27(3)12-19(28)25-16-8-6-15(24)7-9-16/h6-9,14H,4-5,10-13H2,1-3H3,(H,25,28)(H,26,29)/t14-/m0/s1. The van der Waals surface area contributed by atoms with Crippen LogP contribution in [0.25, 0.3) is 0 Å². The molecule has 9 heteroatoms. The molecular weight excluding hydrogens is 433 g/mol. The Morgan fingerprint density at radius 2 is 1.81 bits per heavy atom. The lowest BCUT2D eigenvalue weighted by atomic mass is 9.88. The Balaban J connectivity index is 1.61. The number of amides is 2. The topological polar surface area (TPSA) is 87.7 Å². The van der Waals surface area contributed by atoms with E-state index in [2.05, 4.69) is 17.6 Å². The number of benzene rings is 1. The van der Waals surface area contributed by atoms with Gasteiger partial charge in [0.2, 0.25) is 11.8 Å². The molecule has 1 atom stereocenters. The highest BCUT2D eigenvalue weighted by Gasteiger charge is 2.29. The van der Waals surface area contributed by atoms with Crippen molar-refractivity contribution in [2.24, 2.45) is 5.92 Å². The quantitative estimate of drug-likeness (QED) is 0.586. The number of carbonyl (C=O) groups excluding carboxylic acids is 3. The Hall–Kier alpha value is -2.78. The lowest BCUT2D eigenvalue weighted by Crippen LogP contribution is -2.36. The summed E-state index contributed by atoms with van der Waals surface area (Å²) < 4.78 is 18.2. The van der Waals surface area contributed by atoms with E-state index in [0.717, 1.165) is 29.7 Å². The summed E-state index contributed by atoms with van der Waals surface area (Å²) in [6.07, 6.45) is 2.67. The van der Waals surface area contributed by atoms with Gasteiger partial charge in [0.15, 0.2) is 0 Å². The van der Waals surface area contributed by atoms with Crippen molar-refractivity contribution in [2.75, 3.05) is 37.4 Å². The van der Waals surface area contributed by atoms with E-state index in [-0.39, 0.29) is 37.3 Å². The number of rotatable bonds is 8. The highest BCUT2D eigenvalue weighted by atomic mass is 32.1. The predicted molar refractivity (Wildman–Crippen MR) is 123 cm³/mol. The summed E-state index contributed by atoms with van der Waals surface area (Å²) in [5, 5.41) is 6.02. The molecule has 0 spiro atoms. The SMILES string of the molecule is CCOC(=O)c1c(NC(=O)CN(C)CC(=O)Nc2ccc(F)cc2)sc2c1CC[C@H](C)C2. The Morgan fingerprint density at radius 1 is 1.16 bits per heavy atom. The van der Waals surface area contributed by atoms with Crippen LogP contribution in [0, 0.1) is 11.7 Å². The number of hydrogen-bond acceptors (Lipinski definition) is 6. The molecule has 1 aromatic carbocycles. The number of hydrogen-bond donors (Lipinski definition) is 2. The van der Waals surface area contributed by atoms with E-state index in [4.69, 9.17) is 4.74 Å². The van der Waals surface area contributed by atoms with Crippen LogP contribution in [0.15, 0.2) is 24.3 Å². The first-order chi connectivity index (χ1) is 15.3. The Labute approximate surface area is 190 Å². The van der Waals surface area contributed by atoms with Crippen molar-refractivity contribution in [2.45, 2.75) is 33.1 Å². The molecule has 0 aliphatic heterocycles. The van der Waals surface area contributed by atoms with E-state index in [0.29, 0.717) is 22.2 Å². The fraction of sp³-hybridized carbons (Fsp3) is 0.435. The second kappa shape index (κ2) is 10.7. The molecule has 0 unspecified atom stereocenters. The van der Waals surface area contributed by atoms with Crippen LogP contribution < -0.4 is 10.6 Å². The molecule has 2 aromatic rings. The fourth-order valence-electron chi connectivity index (χ4n) is 3.70. The van der Waals surface area contributed by atoms with Gasteiger partial charge in [0, 0.05) is 10.6 Å². The Bertz CT molecular complexity index is 990. The van der Waals surface area contributed by atoms with Crippen LogP contribution in [0.4, 0.5) is 15.1 Å². The highest BCUT2D eigenvalue weighted by molar-refractivity contribution is 7.17. The lowest BCUT2D eigenvalue weighted by Gasteiger charge is -2.18. The van der Waals surface area contributed by atoms with Crippen molar-refractivity contribution in [1.29, 1.82) is 0 Å². The zero-order valence-corrected chi connectivity index (χ0v) is 19.3. The molecule has 2 amide bonds. The maximum absolute atomic E-state index is 13.0. The molecule has 1 heterocycles. The molecule has 0 bridgehead atoms. The minimum Gasteiger partial charge on any atom is -0.462 e. The van der Waals surface area contributed by atoms with Crippen LogP contribution in [0.3, 0.4) is 0 Å². The molecule has 0 fully saturated rings. The first-order valence-electron chi connectivity index (χ1n) is 10.6. The summed E-state index contributed by atoms with van der Waals surface area (Å²) in [6, 6.07) is 5.46. The van der Waals surface area contributed by atoms with Crippen molar-refractivity contribution in [3.05, 3.63) is 46.1 Å². The van der Waals surface area contributed by atoms with Gasteiger partial charge >= 0.3 is 5.97 Å². The van der Waals surface area contributed by atoms with Gasteiger partial charge in [-0.1, -0.05) is 6.92 Å². The summed E-state index contributed by atoms with van der Waals surface area (Å²) in [5.74, 6) is -0.907. The van der Waals surface area contributed by atoms with Gasteiger partial charge < -0.3 is 15.4 Å². The molecule has 1 aromatic heterocycles. The Kier molecular flexibility index (Phi) is 7.98. The normalized spacial score (nSPS) is 15.2. The number of nitrogens with zero attached hydrogens (tertiary/aromatic N) is 1. The fourth-order valence-corrected chi connectivity index (χ4v) is 5.12. The number of esters is 1. The maximum Gasteiger partial charge on any atom is 0.341 e. The summed E-state index contributed by atoms with van der Waals surface area (Å²) >= 11 is 1.43. The molecule has 32 heavy (non-hydrogen) atoms. The highest BCUT2D eigenvalue weighted by Crippen LogP contribution is 2.40. The van der Waals surface area contributed by atoms with Gasteiger partial charge in [0.1, 0.15) is 10.8 Å². The van der Waals surface area contributed by atoms with Gasteiger partial charge in [-0.25, -0.2) is 9.18 Å². The third-order valence-corrected chi connectivity index (χ3v) is 6.37. The van der Waals surface area contributed by atoms with Gasteiger partial charge in [0.25, 0.3) is 0 Å². The Morgan fingerprint density at radius 3 is 2.47 bits per heavy atom. The second-order valence-electron chi connectivity index (χ2n) is 8.05. The van der Waals surface area contributed by atoms with Crippen LogP contribution >= 0.6 is 11.3 Å². The largest absolute Gasteiger partial charge is 0.462 e. The van der Waals surface area contributed by atoms with Crippen LogP contribution in [0.1, 0.15) is 41.1 Å². The average molecular weight is 462 g/mol. The van der Waals surface area contributed by atoms with Crippen LogP contribution in [-0.4, -0.2) is 49.4 Å². The summed E-state index contributed by atoms with van der Waals surface area (Å²) in [4.78, 5) is 40.1. The number of carbonyl (C=O) groups is 3. The molecule has 2 N–H and O–H groups in total. The van der Waals surface area contributed by atoms with Gasteiger partial charge in [-0.15, -0.1) is 11.3 Å². The summed E-state index contributed by atoms with van der Waals surface area (Å²) in [7, 11) is 1.65. The zero-order valence-electron chi connectivity index (χ0n) is 18.5. The molecule has 0 radical (unpaired) electrons. The molecule has 0 saturated carbocycles. The van der Waals surface area contributed by atoms with Gasteiger partial charge in [-0.2, -0.15) is 0 Å². The van der Waals surface area contributed by atoms with Crippen LogP contribution in [0.5, 0.6) is 0 Å². The average Bonchev–Trinajstić information content (AvgIpc) is 3.06. The van der Waals surface area contributed by atoms with Crippen molar-refractivity contribution in [3.63, 3.8) is 0 Å². The number of anilines is 2. The zero-order chi connectivity index (χ0) is 23.3. The first kappa shape index (κ1) is 23.9. The molecule has 1 aliphatic carbocycles. The van der Waals surface area contributed by atoms with E-state index in [9.17, 15) is 18.8 Å². The van der Waals surface area contributed by atoms with Gasteiger partial charge in [-0.05, 0) is 69.0 Å². The van der Waals surface area contributed by atoms with Crippen molar-refractivity contribution in [1.82, 2.24) is 4.90 Å². The number of thiophene rings is 1. The number of ether oxygens (including phenoxy) is 1. The molecule has 7 nitrogen and oxygen atoms in total. The van der Waals surface area contributed by atoms with Gasteiger partial charge in [0.05, 0.1) is 25.3 Å². The lowest BCUT2D eigenvalue weighted by molar-refractivity contribution is -0.119. The minimum atomic E-state index is -0.415. The molecular formula is C23H28FN3O4S.